The van der Waals surface area contributed by atoms with Gasteiger partial charge in [-0.2, -0.15) is 0 Å². The second-order valence-electron chi connectivity index (χ2n) is 4.46. The highest BCUT2D eigenvalue weighted by molar-refractivity contribution is 5.71. The summed E-state index contributed by atoms with van der Waals surface area (Å²) in [5, 5.41) is 9.93. The summed E-state index contributed by atoms with van der Waals surface area (Å²) in [5.41, 5.74) is 1.45. The van der Waals surface area contributed by atoms with Crippen molar-refractivity contribution in [3.05, 3.63) is 36.7 Å². The number of rotatable bonds is 4. The summed E-state index contributed by atoms with van der Waals surface area (Å²) in [6, 6.07) is 6.93. The van der Waals surface area contributed by atoms with Crippen molar-refractivity contribution in [2.75, 3.05) is 7.11 Å². The largest absolute Gasteiger partial charge is 0.507 e. The fourth-order valence-corrected chi connectivity index (χ4v) is 1.78. The Morgan fingerprint density at radius 1 is 1.11 bits per heavy atom. The first-order chi connectivity index (χ1) is 9.10. The quantitative estimate of drug-likeness (QED) is 0.915. The molecule has 1 aromatic carbocycles. The van der Waals surface area contributed by atoms with Crippen LogP contribution in [0.5, 0.6) is 17.2 Å². The predicted octanol–water partition coefficient (Wildman–Crippen LogP) is 3.25. The number of hydrogen-bond acceptors (Lipinski definition) is 4. The molecule has 1 N–H and O–H groups in total. The standard InChI is InChI=1S/C15H17NO3/c1-10(2)19-13-6-11(8-16-9-13)14-7-12(18-3)4-5-15(14)17/h4-10,17H,1-3H3. The minimum atomic E-state index is 0.0796. The molecule has 0 radical (unpaired) electrons. The summed E-state index contributed by atoms with van der Waals surface area (Å²) in [5.74, 6) is 1.54. The van der Waals surface area contributed by atoms with E-state index >= 15 is 0 Å². The Hall–Kier alpha value is -2.23. The van der Waals surface area contributed by atoms with E-state index < -0.39 is 0 Å². The summed E-state index contributed by atoms with van der Waals surface area (Å²) in [7, 11) is 1.59. The van der Waals surface area contributed by atoms with Crippen molar-refractivity contribution in [2.24, 2.45) is 0 Å². The zero-order chi connectivity index (χ0) is 13.8. The topological polar surface area (TPSA) is 51.6 Å². The molecule has 0 atom stereocenters. The fraction of sp³-hybridized carbons (Fsp3) is 0.267. The third-order valence-corrected chi connectivity index (χ3v) is 2.60. The Balaban J connectivity index is 2.41. The number of benzene rings is 1. The second kappa shape index (κ2) is 5.61. The summed E-state index contributed by atoms with van der Waals surface area (Å²) in [4.78, 5) is 4.13. The molecule has 0 bridgehead atoms. The van der Waals surface area contributed by atoms with Gasteiger partial charge in [0, 0.05) is 17.3 Å². The molecule has 0 aliphatic carbocycles. The van der Waals surface area contributed by atoms with Crippen molar-refractivity contribution in [2.45, 2.75) is 20.0 Å². The van der Waals surface area contributed by atoms with Crippen molar-refractivity contribution < 1.29 is 14.6 Å². The van der Waals surface area contributed by atoms with Crippen LogP contribution in [0.4, 0.5) is 0 Å². The van der Waals surface area contributed by atoms with E-state index in [1.807, 2.05) is 19.9 Å². The molecule has 0 aliphatic rings. The summed E-state index contributed by atoms with van der Waals surface area (Å²) in [6.07, 6.45) is 3.42. The number of pyridine rings is 1. The Morgan fingerprint density at radius 2 is 1.89 bits per heavy atom. The van der Waals surface area contributed by atoms with Gasteiger partial charge in [0.2, 0.25) is 0 Å². The molecule has 0 amide bonds. The third kappa shape index (κ3) is 3.16. The first-order valence-electron chi connectivity index (χ1n) is 6.09. The van der Waals surface area contributed by atoms with Gasteiger partial charge in [0.25, 0.3) is 0 Å². The van der Waals surface area contributed by atoms with Crippen LogP contribution in [0.3, 0.4) is 0 Å². The molecule has 0 saturated carbocycles. The summed E-state index contributed by atoms with van der Waals surface area (Å²) in [6.45, 7) is 3.91. The highest BCUT2D eigenvalue weighted by atomic mass is 16.5. The van der Waals surface area contributed by atoms with Crippen LogP contribution in [0.2, 0.25) is 0 Å². The normalized spacial score (nSPS) is 10.5. The van der Waals surface area contributed by atoms with Crippen LogP contribution in [-0.4, -0.2) is 23.3 Å². The molecule has 2 aromatic rings. The van der Waals surface area contributed by atoms with Gasteiger partial charge in [0.05, 0.1) is 19.4 Å². The molecular formula is C15H17NO3. The monoisotopic (exact) mass is 259 g/mol. The summed E-state index contributed by atoms with van der Waals surface area (Å²) >= 11 is 0. The minimum Gasteiger partial charge on any atom is -0.507 e. The molecule has 19 heavy (non-hydrogen) atoms. The van der Waals surface area contributed by atoms with Gasteiger partial charge in [-0.25, -0.2) is 0 Å². The van der Waals surface area contributed by atoms with E-state index in [2.05, 4.69) is 4.98 Å². The van der Waals surface area contributed by atoms with Gasteiger partial charge in [-0.15, -0.1) is 0 Å². The molecule has 4 heteroatoms. The Bertz CT molecular complexity index is 567. The Kier molecular flexibility index (Phi) is 3.90. The first-order valence-corrected chi connectivity index (χ1v) is 6.09. The lowest BCUT2D eigenvalue weighted by atomic mass is 10.1. The number of aromatic nitrogens is 1. The summed E-state index contributed by atoms with van der Waals surface area (Å²) < 4.78 is 10.8. The second-order valence-corrected chi connectivity index (χ2v) is 4.46. The molecule has 4 nitrogen and oxygen atoms in total. The van der Waals surface area contributed by atoms with Gasteiger partial charge < -0.3 is 14.6 Å². The number of methoxy groups -OCH3 is 1. The molecular weight excluding hydrogens is 242 g/mol. The van der Waals surface area contributed by atoms with Crippen LogP contribution in [-0.2, 0) is 0 Å². The van der Waals surface area contributed by atoms with Crippen molar-refractivity contribution in [1.29, 1.82) is 0 Å². The van der Waals surface area contributed by atoms with Crippen LogP contribution < -0.4 is 9.47 Å². The maximum absolute atomic E-state index is 9.93. The predicted molar refractivity (Wildman–Crippen MR) is 73.7 cm³/mol. The minimum absolute atomic E-state index is 0.0796. The van der Waals surface area contributed by atoms with Crippen LogP contribution in [0.15, 0.2) is 36.7 Å². The highest BCUT2D eigenvalue weighted by Gasteiger charge is 2.08. The third-order valence-electron chi connectivity index (χ3n) is 2.60. The van der Waals surface area contributed by atoms with Crippen LogP contribution >= 0.6 is 0 Å². The van der Waals surface area contributed by atoms with Crippen molar-refractivity contribution in [1.82, 2.24) is 4.98 Å². The van der Waals surface area contributed by atoms with Gasteiger partial charge in [-0.05, 0) is 38.1 Å². The van der Waals surface area contributed by atoms with Crippen molar-refractivity contribution in [3.63, 3.8) is 0 Å². The van der Waals surface area contributed by atoms with E-state index in [0.717, 1.165) is 5.56 Å². The number of aromatic hydroxyl groups is 1. The van der Waals surface area contributed by atoms with Crippen molar-refractivity contribution in [3.8, 4) is 28.4 Å². The molecule has 2 rings (SSSR count). The molecule has 0 saturated heterocycles. The van der Waals surface area contributed by atoms with Gasteiger partial charge in [0.15, 0.2) is 0 Å². The lowest BCUT2D eigenvalue weighted by molar-refractivity contribution is 0.241. The van der Waals surface area contributed by atoms with E-state index in [9.17, 15) is 5.11 Å². The molecule has 100 valence electrons. The molecule has 0 fully saturated rings. The number of phenols is 1. The molecule has 0 spiro atoms. The number of nitrogens with zero attached hydrogens (tertiary/aromatic N) is 1. The van der Waals surface area contributed by atoms with Crippen molar-refractivity contribution >= 4 is 0 Å². The van der Waals surface area contributed by atoms with E-state index in [1.54, 1.807) is 37.7 Å². The Labute approximate surface area is 112 Å². The molecule has 0 aliphatic heterocycles. The van der Waals surface area contributed by atoms with Gasteiger partial charge >= 0.3 is 0 Å². The first kappa shape index (κ1) is 13.2. The lowest BCUT2D eigenvalue weighted by Crippen LogP contribution is -2.05. The van der Waals surface area contributed by atoms with E-state index in [0.29, 0.717) is 17.1 Å². The van der Waals surface area contributed by atoms with Crippen LogP contribution in [0.1, 0.15) is 13.8 Å². The SMILES string of the molecule is COc1ccc(O)c(-c2cncc(OC(C)C)c2)c1. The maximum Gasteiger partial charge on any atom is 0.138 e. The van der Waals surface area contributed by atoms with E-state index in [4.69, 9.17) is 9.47 Å². The number of hydrogen-bond donors (Lipinski definition) is 1. The number of ether oxygens (including phenoxy) is 2. The van der Waals surface area contributed by atoms with Crippen LogP contribution in [0.25, 0.3) is 11.1 Å². The molecule has 1 aromatic heterocycles. The smallest absolute Gasteiger partial charge is 0.138 e. The van der Waals surface area contributed by atoms with Gasteiger partial charge in [-0.1, -0.05) is 0 Å². The Morgan fingerprint density at radius 3 is 2.58 bits per heavy atom. The maximum atomic E-state index is 9.93. The highest BCUT2D eigenvalue weighted by Crippen LogP contribution is 2.33. The average molecular weight is 259 g/mol. The van der Waals surface area contributed by atoms with Crippen LogP contribution in [0, 0.1) is 0 Å². The van der Waals surface area contributed by atoms with Gasteiger partial charge in [-0.3, -0.25) is 4.98 Å². The fourth-order valence-electron chi connectivity index (χ4n) is 1.78. The zero-order valence-corrected chi connectivity index (χ0v) is 11.3. The molecule has 1 heterocycles. The average Bonchev–Trinajstić information content (AvgIpc) is 2.39. The lowest BCUT2D eigenvalue weighted by Gasteiger charge is -2.11. The molecule has 0 unspecified atom stereocenters. The van der Waals surface area contributed by atoms with E-state index in [-0.39, 0.29) is 11.9 Å². The number of phenolic OH excluding ortho intramolecular Hbond substituents is 1. The van der Waals surface area contributed by atoms with Gasteiger partial charge in [0.1, 0.15) is 17.2 Å². The van der Waals surface area contributed by atoms with E-state index in [1.165, 1.54) is 0 Å². The zero-order valence-electron chi connectivity index (χ0n) is 11.3.